The molecule has 0 aliphatic rings. The van der Waals surface area contributed by atoms with Crippen molar-refractivity contribution in [1.29, 1.82) is 0 Å². The zero-order valence-corrected chi connectivity index (χ0v) is 16.1. The van der Waals surface area contributed by atoms with Crippen molar-refractivity contribution >= 4 is 28.8 Å². The van der Waals surface area contributed by atoms with Crippen LogP contribution in [0.2, 0.25) is 5.02 Å². The average Bonchev–Trinajstić information content (AvgIpc) is 3.06. The van der Waals surface area contributed by atoms with E-state index in [2.05, 4.69) is 10.3 Å². The fraction of sp³-hybridized carbons (Fsp3) is 0.200. The first kappa shape index (κ1) is 18.4. The summed E-state index contributed by atoms with van der Waals surface area (Å²) >= 11 is 7.49. The summed E-state index contributed by atoms with van der Waals surface area (Å²) < 4.78 is 5.83. The predicted octanol–water partition coefficient (Wildman–Crippen LogP) is 5.17. The van der Waals surface area contributed by atoms with Gasteiger partial charge in [-0.25, -0.2) is 4.98 Å². The first-order chi connectivity index (χ1) is 12.5. The Morgan fingerprint density at radius 3 is 2.65 bits per heavy atom. The van der Waals surface area contributed by atoms with E-state index in [1.807, 2.05) is 55.6 Å². The van der Waals surface area contributed by atoms with E-state index in [0.717, 1.165) is 16.3 Å². The summed E-state index contributed by atoms with van der Waals surface area (Å²) in [7, 11) is 0. The topological polar surface area (TPSA) is 51.2 Å². The molecule has 0 radical (unpaired) electrons. The number of hydrogen-bond donors (Lipinski definition) is 1. The van der Waals surface area contributed by atoms with Crippen molar-refractivity contribution in [1.82, 2.24) is 10.3 Å². The zero-order valence-electron chi connectivity index (χ0n) is 14.5. The number of benzene rings is 2. The third-order valence-electron chi connectivity index (χ3n) is 3.89. The van der Waals surface area contributed by atoms with E-state index in [1.165, 1.54) is 0 Å². The van der Waals surface area contributed by atoms with Crippen LogP contribution in [-0.2, 0) is 6.61 Å². The lowest BCUT2D eigenvalue weighted by molar-refractivity contribution is 0.0935. The smallest absolute Gasteiger partial charge is 0.255 e. The molecule has 3 rings (SSSR count). The highest BCUT2D eigenvalue weighted by Gasteiger charge is 2.16. The fourth-order valence-corrected chi connectivity index (χ4v) is 3.24. The van der Waals surface area contributed by atoms with Crippen LogP contribution in [0.4, 0.5) is 0 Å². The van der Waals surface area contributed by atoms with E-state index < -0.39 is 0 Å². The standard InChI is InChI=1S/C20H19ClN2O2S/c1-13(15-7-9-16(21)10-8-15)22-20(24)18-5-3-4-6-19(18)25-11-17-12-26-14(2)23-17/h3-10,12-13H,11H2,1-2H3,(H,22,24). The SMILES string of the molecule is Cc1nc(COc2ccccc2C(=O)NC(C)c2ccc(Cl)cc2)cs1. The van der Waals surface area contributed by atoms with Crippen LogP contribution < -0.4 is 10.1 Å². The number of hydrogen-bond acceptors (Lipinski definition) is 4. The van der Waals surface area contributed by atoms with Gasteiger partial charge in [-0.1, -0.05) is 35.9 Å². The van der Waals surface area contributed by atoms with Gasteiger partial charge < -0.3 is 10.1 Å². The summed E-state index contributed by atoms with van der Waals surface area (Å²) in [4.78, 5) is 17.1. The maximum Gasteiger partial charge on any atom is 0.255 e. The minimum absolute atomic E-state index is 0.144. The molecule has 1 amide bonds. The molecule has 26 heavy (non-hydrogen) atoms. The second-order valence-electron chi connectivity index (χ2n) is 5.89. The molecule has 0 saturated heterocycles. The summed E-state index contributed by atoms with van der Waals surface area (Å²) in [6.45, 7) is 4.22. The molecular formula is C20H19ClN2O2S. The normalized spacial score (nSPS) is 11.8. The lowest BCUT2D eigenvalue weighted by Gasteiger charge is -2.16. The van der Waals surface area contributed by atoms with Gasteiger partial charge in [0.2, 0.25) is 0 Å². The monoisotopic (exact) mass is 386 g/mol. The van der Waals surface area contributed by atoms with E-state index in [4.69, 9.17) is 16.3 Å². The maximum absolute atomic E-state index is 12.7. The van der Waals surface area contributed by atoms with Gasteiger partial charge in [-0.15, -0.1) is 11.3 Å². The molecule has 1 atom stereocenters. The molecule has 4 nitrogen and oxygen atoms in total. The Balaban J connectivity index is 1.69. The van der Waals surface area contributed by atoms with E-state index >= 15 is 0 Å². The molecule has 1 aromatic heterocycles. The minimum atomic E-state index is -0.183. The lowest BCUT2D eigenvalue weighted by atomic mass is 10.1. The van der Waals surface area contributed by atoms with Crippen LogP contribution in [0.1, 0.15) is 39.6 Å². The average molecular weight is 387 g/mol. The van der Waals surface area contributed by atoms with Gasteiger partial charge in [-0.3, -0.25) is 4.79 Å². The largest absolute Gasteiger partial charge is 0.486 e. The van der Waals surface area contributed by atoms with Crippen LogP contribution in [-0.4, -0.2) is 10.9 Å². The first-order valence-corrected chi connectivity index (χ1v) is 9.48. The number of para-hydroxylation sites is 1. The summed E-state index contributed by atoms with van der Waals surface area (Å²) in [6, 6.07) is 14.5. The molecule has 1 heterocycles. The Morgan fingerprint density at radius 1 is 1.23 bits per heavy atom. The minimum Gasteiger partial charge on any atom is -0.486 e. The zero-order chi connectivity index (χ0) is 18.5. The van der Waals surface area contributed by atoms with E-state index in [9.17, 15) is 4.79 Å². The molecule has 2 aromatic carbocycles. The predicted molar refractivity (Wildman–Crippen MR) is 105 cm³/mol. The highest BCUT2D eigenvalue weighted by atomic mass is 35.5. The fourth-order valence-electron chi connectivity index (χ4n) is 2.52. The van der Waals surface area contributed by atoms with Crippen LogP contribution >= 0.6 is 22.9 Å². The number of thiazole rings is 1. The second-order valence-corrected chi connectivity index (χ2v) is 7.39. The van der Waals surface area contributed by atoms with Crippen molar-refractivity contribution in [2.75, 3.05) is 0 Å². The van der Waals surface area contributed by atoms with Crippen LogP contribution in [0.5, 0.6) is 5.75 Å². The molecule has 0 aliphatic heterocycles. The third kappa shape index (κ3) is 4.62. The van der Waals surface area contributed by atoms with Gasteiger partial charge in [0, 0.05) is 10.4 Å². The number of amides is 1. The number of halogens is 1. The van der Waals surface area contributed by atoms with Crippen LogP contribution in [0.3, 0.4) is 0 Å². The maximum atomic E-state index is 12.7. The first-order valence-electron chi connectivity index (χ1n) is 8.22. The molecule has 0 spiro atoms. The summed E-state index contributed by atoms with van der Waals surface area (Å²) in [5.41, 5.74) is 2.34. The lowest BCUT2D eigenvalue weighted by Crippen LogP contribution is -2.27. The van der Waals surface area contributed by atoms with Crippen LogP contribution in [0, 0.1) is 6.92 Å². The van der Waals surface area contributed by atoms with Gasteiger partial charge in [0.25, 0.3) is 5.91 Å². The Bertz CT molecular complexity index is 893. The van der Waals surface area contributed by atoms with E-state index in [1.54, 1.807) is 23.5 Å². The molecule has 134 valence electrons. The number of nitrogens with one attached hydrogen (secondary N) is 1. The number of carbonyl (C=O) groups is 1. The summed E-state index contributed by atoms with van der Waals surface area (Å²) in [5.74, 6) is 0.358. The Kier molecular flexibility index (Phi) is 5.91. The highest BCUT2D eigenvalue weighted by molar-refractivity contribution is 7.09. The summed E-state index contributed by atoms with van der Waals surface area (Å²) in [6.07, 6.45) is 0. The van der Waals surface area contributed by atoms with Gasteiger partial charge in [-0.05, 0) is 43.7 Å². The van der Waals surface area contributed by atoms with E-state index in [0.29, 0.717) is 22.9 Å². The van der Waals surface area contributed by atoms with Crippen LogP contribution in [0.15, 0.2) is 53.9 Å². The molecule has 0 saturated carbocycles. The van der Waals surface area contributed by atoms with Crippen molar-refractivity contribution < 1.29 is 9.53 Å². The molecule has 0 fully saturated rings. The van der Waals surface area contributed by atoms with Gasteiger partial charge in [0.05, 0.1) is 22.3 Å². The van der Waals surface area contributed by atoms with Crippen molar-refractivity contribution in [3.8, 4) is 5.75 Å². The van der Waals surface area contributed by atoms with Crippen molar-refractivity contribution in [2.24, 2.45) is 0 Å². The van der Waals surface area contributed by atoms with Crippen molar-refractivity contribution in [2.45, 2.75) is 26.5 Å². The van der Waals surface area contributed by atoms with Crippen molar-refractivity contribution in [3.05, 3.63) is 80.8 Å². The van der Waals surface area contributed by atoms with Crippen molar-refractivity contribution in [3.63, 3.8) is 0 Å². The molecule has 0 bridgehead atoms. The highest BCUT2D eigenvalue weighted by Crippen LogP contribution is 2.22. The number of nitrogens with zero attached hydrogens (tertiary/aromatic N) is 1. The number of carbonyl (C=O) groups excluding carboxylic acids is 1. The number of aryl methyl sites for hydroxylation is 1. The number of rotatable bonds is 6. The van der Waals surface area contributed by atoms with Gasteiger partial charge in [-0.2, -0.15) is 0 Å². The molecular weight excluding hydrogens is 368 g/mol. The number of aromatic nitrogens is 1. The van der Waals surface area contributed by atoms with Crippen LogP contribution in [0.25, 0.3) is 0 Å². The molecule has 1 unspecified atom stereocenters. The Morgan fingerprint density at radius 2 is 1.96 bits per heavy atom. The molecule has 0 aliphatic carbocycles. The van der Waals surface area contributed by atoms with E-state index in [-0.39, 0.29) is 11.9 Å². The molecule has 3 aromatic rings. The molecule has 6 heteroatoms. The van der Waals surface area contributed by atoms with Gasteiger partial charge in [0.1, 0.15) is 12.4 Å². The molecule has 1 N–H and O–H groups in total. The third-order valence-corrected chi connectivity index (χ3v) is 4.97. The second kappa shape index (κ2) is 8.34. The van der Waals surface area contributed by atoms with Gasteiger partial charge in [0.15, 0.2) is 0 Å². The quantitative estimate of drug-likeness (QED) is 0.635. The van der Waals surface area contributed by atoms with Gasteiger partial charge >= 0.3 is 0 Å². The number of ether oxygens (including phenoxy) is 1. The summed E-state index contributed by atoms with van der Waals surface area (Å²) in [5, 5.41) is 6.62. The Labute approximate surface area is 161 Å². The Hall–Kier alpha value is -2.37.